The fourth-order valence-electron chi connectivity index (χ4n) is 5.00. The molecule has 2 fully saturated rings. The van der Waals surface area contributed by atoms with Gasteiger partial charge in [-0.05, 0) is 79.8 Å². The van der Waals surface area contributed by atoms with E-state index in [4.69, 9.17) is 0 Å². The van der Waals surface area contributed by atoms with Gasteiger partial charge in [0.25, 0.3) is 12.0 Å². The van der Waals surface area contributed by atoms with Crippen molar-refractivity contribution in [3.8, 4) is 10.7 Å². The topological polar surface area (TPSA) is 73.6 Å². The van der Waals surface area contributed by atoms with Crippen molar-refractivity contribution < 1.29 is 13.2 Å². The summed E-state index contributed by atoms with van der Waals surface area (Å²) in [4.78, 5) is 17.9. The van der Waals surface area contributed by atoms with Gasteiger partial charge in [-0.15, -0.1) is 10.2 Å². The number of rotatable bonds is 6. The summed E-state index contributed by atoms with van der Waals surface area (Å²) in [6.07, 6.45) is 6.58. The summed E-state index contributed by atoms with van der Waals surface area (Å²) in [5, 5.41) is 12.0. The van der Waals surface area contributed by atoms with Crippen molar-refractivity contribution in [1.82, 2.24) is 25.0 Å². The predicted octanol–water partition coefficient (Wildman–Crippen LogP) is 7.20. The van der Waals surface area contributed by atoms with Gasteiger partial charge in [0.1, 0.15) is 11.5 Å². The summed E-state index contributed by atoms with van der Waals surface area (Å²) < 4.78 is 39.7. The molecule has 10 heteroatoms. The molecule has 39 heavy (non-hydrogen) atoms. The minimum Gasteiger partial charge on any atom is -0.267 e. The van der Waals surface area contributed by atoms with Gasteiger partial charge in [-0.2, -0.15) is 5.10 Å². The molecule has 3 heterocycles. The van der Waals surface area contributed by atoms with Gasteiger partial charge in [0, 0.05) is 11.8 Å². The molecule has 0 atom stereocenters. The van der Waals surface area contributed by atoms with Crippen molar-refractivity contribution in [2.75, 3.05) is 0 Å². The highest BCUT2D eigenvalue weighted by Crippen LogP contribution is 2.41. The first kappa shape index (κ1) is 27.2. The van der Waals surface area contributed by atoms with Crippen molar-refractivity contribution >= 4 is 11.3 Å². The third kappa shape index (κ3) is 6.79. The smallest absolute Gasteiger partial charge is 0.267 e. The fourth-order valence-corrected chi connectivity index (χ4v) is 5.66. The highest BCUT2D eigenvalue weighted by atomic mass is 32.1. The number of nitrogens with zero attached hydrogens (tertiary/aromatic N) is 5. The van der Waals surface area contributed by atoms with Crippen LogP contribution in [0.15, 0.2) is 53.5 Å². The normalized spacial score (nSPS) is 15.7. The molecule has 1 aromatic carbocycles. The van der Waals surface area contributed by atoms with E-state index in [9.17, 15) is 18.0 Å². The maximum atomic E-state index is 13.4. The first-order valence-corrected chi connectivity index (χ1v) is 14.1. The molecular formula is C29H30F3N5OS. The number of hydrogen-bond acceptors (Lipinski definition) is 6. The summed E-state index contributed by atoms with van der Waals surface area (Å²) in [6, 6.07) is 12.2. The third-order valence-corrected chi connectivity index (χ3v) is 8.07. The zero-order chi connectivity index (χ0) is 27.4. The number of aromatic nitrogens is 5. The van der Waals surface area contributed by atoms with Crippen LogP contribution in [0.3, 0.4) is 0 Å². The minimum atomic E-state index is -2.68. The Balaban J connectivity index is 0.000000332. The zero-order valence-electron chi connectivity index (χ0n) is 21.7. The third-order valence-electron chi connectivity index (χ3n) is 7.12. The molecule has 6 rings (SSSR count). The van der Waals surface area contributed by atoms with Crippen LogP contribution in [0.2, 0.25) is 0 Å². The number of aryl methyl sites for hydroxylation is 1. The minimum absolute atomic E-state index is 0.123. The largest absolute Gasteiger partial charge is 0.291 e. The second-order valence-electron chi connectivity index (χ2n) is 10.1. The van der Waals surface area contributed by atoms with E-state index >= 15 is 0 Å². The van der Waals surface area contributed by atoms with Gasteiger partial charge in [0.2, 0.25) is 0 Å². The number of benzene rings is 1. The van der Waals surface area contributed by atoms with E-state index in [0.29, 0.717) is 22.2 Å². The molecule has 6 nitrogen and oxygen atoms in total. The van der Waals surface area contributed by atoms with E-state index in [-0.39, 0.29) is 28.8 Å². The van der Waals surface area contributed by atoms with E-state index in [1.165, 1.54) is 23.2 Å². The first-order valence-electron chi connectivity index (χ1n) is 13.3. The van der Waals surface area contributed by atoms with Crippen LogP contribution in [0, 0.1) is 12.7 Å². The molecule has 0 unspecified atom stereocenters. The van der Waals surface area contributed by atoms with Crippen LogP contribution in [0.1, 0.15) is 90.6 Å². The molecular weight excluding hydrogens is 523 g/mol. The van der Waals surface area contributed by atoms with E-state index in [1.807, 2.05) is 19.1 Å². The van der Waals surface area contributed by atoms with Gasteiger partial charge in [-0.25, -0.2) is 17.9 Å². The van der Waals surface area contributed by atoms with Crippen LogP contribution in [-0.4, -0.2) is 25.0 Å². The molecule has 0 bridgehead atoms. The van der Waals surface area contributed by atoms with Gasteiger partial charge >= 0.3 is 0 Å². The monoisotopic (exact) mass is 553 g/mol. The SMILES string of the molecule is Cc1cccc(F)c1.O=c1c(C2CCCCC2)cc(-c2nnc(C(F)F)s2)nn1Cc1ncccc1C1CC1. The Kier molecular flexibility index (Phi) is 8.50. The summed E-state index contributed by atoms with van der Waals surface area (Å²) in [7, 11) is 0. The Morgan fingerprint density at radius 1 is 0.974 bits per heavy atom. The lowest BCUT2D eigenvalue weighted by atomic mass is 9.84. The lowest BCUT2D eigenvalue weighted by molar-refractivity contribution is 0.150. The van der Waals surface area contributed by atoms with Crippen LogP contribution in [-0.2, 0) is 6.54 Å². The molecule has 0 amide bonds. The van der Waals surface area contributed by atoms with Crippen LogP contribution in [0.4, 0.5) is 13.2 Å². The maximum Gasteiger partial charge on any atom is 0.291 e. The van der Waals surface area contributed by atoms with Crippen molar-refractivity contribution in [3.63, 3.8) is 0 Å². The van der Waals surface area contributed by atoms with Crippen molar-refractivity contribution in [2.24, 2.45) is 0 Å². The molecule has 2 aliphatic rings. The van der Waals surface area contributed by atoms with E-state index in [0.717, 1.165) is 66.7 Å². The molecule has 0 N–H and O–H groups in total. The number of alkyl halides is 2. The highest BCUT2D eigenvalue weighted by molar-refractivity contribution is 7.14. The average molecular weight is 554 g/mol. The molecule has 204 valence electrons. The number of pyridine rings is 1. The van der Waals surface area contributed by atoms with E-state index in [1.54, 1.807) is 18.3 Å². The van der Waals surface area contributed by atoms with Crippen molar-refractivity contribution in [3.05, 3.63) is 92.2 Å². The lowest BCUT2D eigenvalue weighted by Crippen LogP contribution is -2.30. The Morgan fingerprint density at radius 2 is 1.74 bits per heavy atom. The van der Waals surface area contributed by atoms with Crippen LogP contribution in [0.5, 0.6) is 0 Å². The summed E-state index contributed by atoms with van der Waals surface area (Å²) >= 11 is 0.823. The van der Waals surface area contributed by atoms with Gasteiger partial charge in [-0.3, -0.25) is 9.78 Å². The molecule has 0 aliphatic heterocycles. The second kappa shape index (κ2) is 12.2. The van der Waals surface area contributed by atoms with Gasteiger partial charge in [-0.1, -0.05) is 48.8 Å². The molecule has 2 aliphatic carbocycles. The zero-order valence-corrected chi connectivity index (χ0v) is 22.5. The predicted molar refractivity (Wildman–Crippen MR) is 145 cm³/mol. The van der Waals surface area contributed by atoms with Gasteiger partial charge in [0.15, 0.2) is 10.0 Å². The lowest BCUT2D eigenvalue weighted by Gasteiger charge is -2.22. The van der Waals surface area contributed by atoms with Crippen LogP contribution >= 0.6 is 11.3 Å². The Bertz CT molecular complexity index is 1460. The molecule has 0 spiro atoms. The fraction of sp³-hybridized carbons (Fsp3) is 0.414. The van der Waals surface area contributed by atoms with E-state index < -0.39 is 6.43 Å². The highest BCUT2D eigenvalue weighted by Gasteiger charge is 2.28. The Labute approximate surface area is 229 Å². The standard InChI is InChI=1S/C22H23F2N5OS.C7H7F/c23-19(24)21-27-26-20(31-21)17-11-16(13-5-2-1-3-6-13)22(30)29(28-17)12-18-15(14-8-9-14)7-4-10-25-18;1-6-3-2-4-7(8)5-6/h4,7,10-11,13-14,19H,1-3,5-6,8-9,12H2;2-5H,1H3. The van der Waals surface area contributed by atoms with Crippen LogP contribution in [0.25, 0.3) is 10.7 Å². The molecule has 2 saturated carbocycles. The summed E-state index contributed by atoms with van der Waals surface area (Å²) in [5.74, 6) is 0.491. The average Bonchev–Trinajstić information content (AvgIpc) is 3.65. The van der Waals surface area contributed by atoms with Crippen LogP contribution < -0.4 is 5.56 Å². The van der Waals surface area contributed by atoms with Gasteiger partial charge in [0.05, 0.1) is 12.2 Å². The van der Waals surface area contributed by atoms with E-state index in [2.05, 4.69) is 26.3 Å². The molecule has 3 aromatic heterocycles. The quantitative estimate of drug-likeness (QED) is 0.252. The summed E-state index contributed by atoms with van der Waals surface area (Å²) in [6.45, 7) is 2.13. The van der Waals surface area contributed by atoms with Crippen molar-refractivity contribution in [2.45, 2.75) is 76.7 Å². The van der Waals surface area contributed by atoms with Crippen molar-refractivity contribution in [1.29, 1.82) is 0 Å². The molecule has 0 saturated heterocycles. The molecule has 4 aromatic rings. The van der Waals surface area contributed by atoms with Gasteiger partial charge < -0.3 is 0 Å². The molecule has 0 radical (unpaired) electrons. The second-order valence-corrected chi connectivity index (χ2v) is 11.2. The summed E-state index contributed by atoms with van der Waals surface area (Å²) in [5.41, 5.74) is 3.97. The Morgan fingerprint density at radius 3 is 2.38 bits per heavy atom. The number of halogens is 3. The Hall–Kier alpha value is -3.40. The first-order chi connectivity index (χ1) is 18.9. The maximum absolute atomic E-state index is 13.4. The number of hydrogen-bond donors (Lipinski definition) is 0.